The monoisotopic (exact) mass is 212 g/mol. The predicted molar refractivity (Wildman–Crippen MR) is 57.8 cm³/mol. The minimum absolute atomic E-state index is 0.202. The molecule has 0 amide bonds. The summed E-state index contributed by atoms with van der Waals surface area (Å²) in [4.78, 5) is 6.89. The van der Waals surface area contributed by atoms with E-state index in [1.54, 1.807) is 11.3 Å². The fraction of sp³-hybridized carbons (Fsp3) is 0.700. The average Bonchev–Trinajstić information content (AvgIpc) is 2.74. The van der Waals surface area contributed by atoms with Gasteiger partial charge in [-0.25, -0.2) is 4.98 Å². The predicted octanol–water partition coefficient (Wildman–Crippen LogP) is 1.10. The number of aliphatic hydroxyl groups is 1. The van der Waals surface area contributed by atoms with Crippen LogP contribution in [0.1, 0.15) is 23.0 Å². The van der Waals surface area contributed by atoms with Crippen LogP contribution >= 0.6 is 11.3 Å². The second kappa shape index (κ2) is 4.38. The second-order valence-corrected chi connectivity index (χ2v) is 4.79. The minimum atomic E-state index is 0.202. The van der Waals surface area contributed by atoms with Crippen LogP contribution in [-0.2, 0) is 6.42 Å². The first-order chi connectivity index (χ1) is 6.79. The number of aromatic nitrogens is 1. The zero-order valence-corrected chi connectivity index (χ0v) is 9.26. The lowest BCUT2D eigenvalue weighted by Gasteiger charge is -2.06. The number of aliphatic hydroxyl groups excluding tert-OH is 1. The molecule has 1 aliphatic rings. The Balaban J connectivity index is 2.02. The SMILES string of the molecule is CN1CCC(c2nc(CCO)cs2)C1. The molecule has 0 spiro atoms. The fourth-order valence-electron chi connectivity index (χ4n) is 1.88. The molecule has 0 saturated carbocycles. The molecule has 4 heteroatoms. The van der Waals surface area contributed by atoms with Crippen LogP contribution in [0, 0.1) is 0 Å². The van der Waals surface area contributed by atoms with Gasteiger partial charge in [0.25, 0.3) is 0 Å². The summed E-state index contributed by atoms with van der Waals surface area (Å²) in [5, 5.41) is 12.1. The summed E-state index contributed by atoms with van der Waals surface area (Å²) in [5.41, 5.74) is 1.04. The van der Waals surface area contributed by atoms with E-state index in [1.807, 2.05) is 0 Å². The zero-order chi connectivity index (χ0) is 9.97. The van der Waals surface area contributed by atoms with Gasteiger partial charge >= 0.3 is 0 Å². The molecule has 0 aromatic carbocycles. The lowest BCUT2D eigenvalue weighted by Crippen LogP contribution is -2.13. The molecule has 0 bridgehead atoms. The van der Waals surface area contributed by atoms with Gasteiger partial charge < -0.3 is 10.0 Å². The van der Waals surface area contributed by atoms with Crippen LogP contribution in [0.4, 0.5) is 0 Å². The third-order valence-corrected chi connectivity index (χ3v) is 3.73. The number of likely N-dealkylation sites (N-methyl/N-ethyl adjacent to an activating group) is 1. The second-order valence-electron chi connectivity index (χ2n) is 3.90. The van der Waals surface area contributed by atoms with E-state index < -0.39 is 0 Å². The Morgan fingerprint density at radius 2 is 2.57 bits per heavy atom. The van der Waals surface area contributed by atoms with Crippen LogP contribution < -0.4 is 0 Å². The van der Waals surface area contributed by atoms with E-state index in [2.05, 4.69) is 22.3 Å². The largest absolute Gasteiger partial charge is 0.396 e. The molecular weight excluding hydrogens is 196 g/mol. The summed E-state index contributed by atoms with van der Waals surface area (Å²) >= 11 is 1.74. The summed E-state index contributed by atoms with van der Waals surface area (Å²) in [6, 6.07) is 0. The maximum absolute atomic E-state index is 8.79. The number of nitrogens with zero attached hydrogens (tertiary/aromatic N) is 2. The lowest BCUT2D eigenvalue weighted by molar-refractivity contribution is 0.298. The standard InChI is InChI=1S/C10H16N2OS/c1-12-4-2-8(6-12)10-11-9(3-5-13)7-14-10/h7-8,13H,2-6H2,1H3. The first-order valence-corrected chi connectivity index (χ1v) is 5.91. The molecule has 1 fully saturated rings. The fourth-order valence-corrected chi connectivity index (χ4v) is 2.86. The molecule has 3 nitrogen and oxygen atoms in total. The highest BCUT2D eigenvalue weighted by Gasteiger charge is 2.23. The molecular formula is C10H16N2OS. The van der Waals surface area contributed by atoms with Gasteiger partial charge in [0.05, 0.1) is 10.7 Å². The number of thiazole rings is 1. The van der Waals surface area contributed by atoms with Gasteiger partial charge in [0.2, 0.25) is 0 Å². The summed E-state index contributed by atoms with van der Waals surface area (Å²) in [6.07, 6.45) is 1.92. The van der Waals surface area contributed by atoms with Gasteiger partial charge in [0, 0.05) is 30.9 Å². The van der Waals surface area contributed by atoms with Gasteiger partial charge in [0.1, 0.15) is 0 Å². The smallest absolute Gasteiger partial charge is 0.0972 e. The van der Waals surface area contributed by atoms with Gasteiger partial charge in [-0.2, -0.15) is 0 Å². The Morgan fingerprint density at radius 3 is 3.21 bits per heavy atom. The molecule has 0 radical (unpaired) electrons. The van der Waals surface area contributed by atoms with Gasteiger partial charge in [-0.3, -0.25) is 0 Å². The van der Waals surface area contributed by atoms with Crippen molar-refractivity contribution in [2.24, 2.45) is 0 Å². The molecule has 1 saturated heterocycles. The van der Waals surface area contributed by atoms with Crippen molar-refractivity contribution >= 4 is 11.3 Å². The van der Waals surface area contributed by atoms with Crippen LogP contribution in [0.3, 0.4) is 0 Å². The van der Waals surface area contributed by atoms with Crippen LogP contribution in [-0.4, -0.2) is 41.7 Å². The number of hydrogen-bond donors (Lipinski definition) is 1. The van der Waals surface area contributed by atoms with E-state index in [0.29, 0.717) is 12.3 Å². The molecule has 1 aromatic heterocycles. The molecule has 1 aliphatic heterocycles. The Bertz CT molecular complexity index is 300. The quantitative estimate of drug-likeness (QED) is 0.815. The van der Waals surface area contributed by atoms with Crippen LogP contribution in [0.15, 0.2) is 5.38 Å². The highest BCUT2D eigenvalue weighted by Crippen LogP contribution is 2.28. The van der Waals surface area contributed by atoms with E-state index in [-0.39, 0.29) is 6.61 Å². The van der Waals surface area contributed by atoms with Gasteiger partial charge in [-0.05, 0) is 20.0 Å². The van der Waals surface area contributed by atoms with Gasteiger partial charge in [0.15, 0.2) is 0 Å². The first-order valence-electron chi connectivity index (χ1n) is 5.03. The van der Waals surface area contributed by atoms with Crippen molar-refractivity contribution in [3.63, 3.8) is 0 Å². The first kappa shape index (κ1) is 10.1. The molecule has 78 valence electrons. The van der Waals surface area contributed by atoms with E-state index in [1.165, 1.54) is 18.0 Å². The van der Waals surface area contributed by atoms with Crippen molar-refractivity contribution in [2.45, 2.75) is 18.8 Å². The highest BCUT2D eigenvalue weighted by atomic mass is 32.1. The van der Waals surface area contributed by atoms with Gasteiger partial charge in [-0.15, -0.1) is 11.3 Å². The highest BCUT2D eigenvalue weighted by molar-refractivity contribution is 7.09. The minimum Gasteiger partial charge on any atom is -0.396 e. The third-order valence-electron chi connectivity index (χ3n) is 2.68. The summed E-state index contributed by atoms with van der Waals surface area (Å²) in [5.74, 6) is 0.623. The summed E-state index contributed by atoms with van der Waals surface area (Å²) < 4.78 is 0. The van der Waals surface area contributed by atoms with Crippen molar-refractivity contribution < 1.29 is 5.11 Å². The van der Waals surface area contributed by atoms with Crippen molar-refractivity contribution in [3.05, 3.63) is 16.1 Å². The number of likely N-dealkylation sites (tertiary alicyclic amines) is 1. The Labute approximate surface area is 88.4 Å². The Kier molecular flexibility index (Phi) is 3.15. The average molecular weight is 212 g/mol. The molecule has 1 unspecified atom stereocenters. The zero-order valence-electron chi connectivity index (χ0n) is 8.44. The van der Waals surface area contributed by atoms with E-state index >= 15 is 0 Å². The van der Waals surface area contributed by atoms with Crippen molar-refractivity contribution in [1.82, 2.24) is 9.88 Å². The lowest BCUT2D eigenvalue weighted by atomic mass is 10.1. The maximum Gasteiger partial charge on any atom is 0.0972 e. The summed E-state index contributed by atoms with van der Waals surface area (Å²) in [6.45, 7) is 2.51. The topological polar surface area (TPSA) is 36.4 Å². The molecule has 1 N–H and O–H groups in total. The van der Waals surface area contributed by atoms with E-state index in [9.17, 15) is 0 Å². The van der Waals surface area contributed by atoms with Crippen molar-refractivity contribution in [1.29, 1.82) is 0 Å². The number of hydrogen-bond acceptors (Lipinski definition) is 4. The molecule has 1 aromatic rings. The molecule has 2 rings (SSSR count). The van der Waals surface area contributed by atoms with E-state index in [4.69, 9.17) is 5.11 Å². The molecule has 1 atom stereocenters. The van der Waals surface area contributed by atoms with Crippen molar-refractivity contribution in [3.8, 4) is 0 Å². The molecule has 14 heavy (non-hydrogen) atoms. The van der Waals surface area contributed by atoms with Crippen LogP contribution in [0.2, 0.25) is 0 Å². The van der Waals surface area contributed by atoms with Crippen molar-refractivity contribution in [2.75, 3.05) is 26.7 Å². The third kappa shape index (κ3) is 2.13. The van der Waals surface area contributed by atoms with E-state index in [0.717, 1.165) is 12.2 Å². The van der Waals surface area contributed by atoms with Gasteiger partial charge in [-0.1, -0.05) is 0 Å². The Morgan fingerprint density at radius 1 is 1.71 bits per heavy atom. The van der Waals surface area contributed by atoms with Crippen LogP contribution in [0.25, 0.3) is 0 Å². The van der Waals surface area contributed by atoms with Crippen LogP contribution in [0.5, 0.6) is 0 Å². The normalized spacial score (nSPS) is 23.1. The Hall–Kier alpha value is -0.450. The maximum atomic E-state index is 8.79. The number of rotatable bonds is 3. The molecule has 0 aliphatic carbocycles. The summed E-state index contributed by atoms with van der Waals surface area (Å²) in [7, 11) is 2.16. The molecule has 2 heterocycles.